The Morgan fingerprint density at radius 3 is 2.42 bits per heavy atom. The number of amides is 1. The summed E-state index contributed by atoms with van der Waals surface area (Å²) in [5.74, 6) is -2.87. The van der Waals surface area contributed by atoms with E-state index in [4.69, 9.17) is 0 Å². The second kappa shape index (κ2) is 6.74. The average molecular weight is 361 g/mol. The molecule has 2 saturated heterocycles. The summed E-state index contributed by atoms with van der Waals surface area (Å²) < 4.78 is 42.1. The quantitative estimate of drug-likeness (QED) is 0.841. The van der Waals surface area contributed by atoms with Crippen molar-refractivity contribution in [3.63, 3.8) is 0 Å². The van der Waals surface area contributed by atoms with Gasteiger partial charge in [0, 0.05) is 43.8 Å². The fourth-order valence-corrected chi connectivity index (χ4v) is 3.74. The van der Waals surface area contributed by atoms with Crippen LogP contribution in [0.4, 0.5) is 13.2 Å². The lowest BCUT2D eigenvalue weighted by atomic mass is 10.0. The van der Waals surface area contributed by atoms with Crippen LogP contribution in [0, 0.1) is 17.5 Å². The molecule has 2 aliphatic rings. The minimum absolute atomic E-state index is 0.0734. The van der Waals surface area contributed by atoms with Gasteiger partial charge in [-0.05, 0) is 5.56 Å². The summed E-state index contributed by atoms with van der Waals surface area (Å²) in [5, 5.41) is 3.24. The molecular weight excluding hydrogens is 343 g/mol. The maximum Gasteiger partial charge on any atom is 0.239 e. The minimum atomic E-state index is -0.949. The molecule has 2 aromatic rings. The zero-order chi connectivity index (χ0) is 18.3. The summed E-state index contributed by atoms with van der Waals surface area (Å²) in [4.78, 5) is 14.2. The van der Waals surface area contributed by atoms with Crippen LogP contribution in [0.3, 0.4) is 0 Å². The second-order valence-corrected chi connectivity index (χ2v) is 6.64. The number of halogens is 3. The number of carbonyl (C=O) groups is 1. The van der Waals surface area contributed by atoms with E-state index in [9.17, 15) is 18.0 Å². The molecule has 0 bridgehead atoms. The van der Waals surface area contributed by atoms with Crippen molar-refractivity contribution >= 4 is 5.91 Å². The number of fused-ring (bicyclic) bond motifs is 1. The Kier molecular flexibility index (Phi) is 4.42. The van der Waals surface area contributed by atoms with E-state index >= 15 is 0 Å². The van der Waals surface area contributed by atoms with Gasteiger partial charge < -0.3 is 0 Å². The van der Waals surface area contributed by atoms with Crippen LogP contribution in [0.15, 0.2) is 42.5 Å². The second-order valence-electron chi connectivity index (χ2n) is 6.64. The molecule has 1 unspecified atom stereocenters. The molecule has 2 aliphatic heterocycles. The van der Waals surface area contributed by atoms with Crippen molar-refractivity contribution in [1.29, 1.82) is 0 Å². The van der Waals surface area contributed by atoms with Crippen molar-refractivity contribution in [3.05, 3.63) is 71.0 Å². The van der Waals surface area contributed by atoms with E-state index in [1.54, 1.807) is 10.0 Å². The molecule has 7 heteroatoms. The van der Waals surface area contributed by atoms with Crippen molar-refractivity contribution in [2.75, 3.05) is 19.8 Å². The van der Waals surface area contributed by atoms with E-state index in [1.807, 2.05) is 35.2 Å². The molecule has 4 rings (SSSR count). The Bertz CT molecular complexity index is 807. The first kappa shape index (κ1) is 17.1. The van der Waals surface area contributed by atoms with E-state index in [0.29, 0.717) is 44.9 Å². The lowest BCUT2D eigenvalue weighted by Crippen LogP contribution is -2.55. The predicted molar refractivity (Wildman–Crippen MR) is 88.9 cm³/mol. The SMILES string of the molecule is O=C1CCN2C(c3c(F)cc(F)cc3F)CN(Cc3ccccc3)CN12. The van der Waals surface area contributed by atoms with Gasteiger partial charge in [0.15, 0.2) is 0 Å². The first-order valence-corrected chi connectivity index (χ1v) is 8.50. The van der Waals surface area contributed by atoms with Crippen LogP contribution < -0.4 is 0 Å². The number of hydrogen-bond donors (Lipinski definition) is 0. The molecule has 0 spiro atoms. The van der Waals surface area contributed by atoms with E-state index in [1.165, 1.54) is 0 Å². The van der Waals surface area contributed by atoms with Crippen LogP contribution in [0.2, 0.25) is 0 Å². The molecule has 2 fully saturated rings. The minimum Gasteiger partial charge on any atom is -0.278 e. The van der Waals surface area contributed by atoms with Gasteiger partial charge in [-0.2, -0.15) is 0 Å². The zero-order valence-corrected chi connectivity index (χ0v) is 14.0. The summed E-state index contributed by atoms with van der Waals surface area (Å²) in [6.45, 7) is 1.67. The van der Waals surface area contributed by atoms with Crippen LogP contribution in [0.1, 0.15) is 23.6 Å². The molecular formula is C19H18F3N3O. The number of nitrogens with zero attached hydrogens (tertiary/aromatic N) is 3. The molecule has 0 aliphatic carbocycles. The normalized spacial score (nSPS) is 21.3. The fraction of sp³-hybridized carbons (Fsp3) is 0.316. The van der Waals surface area contributed by atoms with Crippen LogP contribution in [-0.2, 0) is 11.3 Å². The van der Waals surface area contributed by atoms with Gasteiger partial charge in [0.2, 0.25) is 5.91 Å². The molecule has 136 valence electrons. The summed E-state index contributed by atoms with van der Waals surface area (Å²) in [6.07, 6.45) is 0.306. The Labute approximate surface area is 149 Å². The smallest absolute Gasteiger partial charge is 0.239 e. The Morgan fingerprint density at radius 1 is 1.04 bits per heavy atom. The van der Waals surface area contributed by atoms with E-state index in [-0.39, 0.29) is 11.5 Å². The number of rotatable bonds is 3. The van der Waals surface area contributed by atoms with Gasteiger partial charge in [-0.1, -0.05) is 30.3 Å². The number of carbonyl (C=O) groups excluding carboxylic acids is 1. The molecule has 26 heavy (non-hydrogen) atoms. The molecule has 0 radical (unpaired) electrons. The highest BCUT2D eigenvalue weighted by Gasteiger charge is 2.42. The molecule has 0 saturated carbocycles. The monoisotopic (exact) mass is 361 g/mol. The molecule has 1 amide bonds. The summed E-state index contributed by atoms with van der Waals surface area (Å²) in [7, 11) is 0. The first-order chi connectivity index (χ1) is 12.5. The Balaban J connectivity index is 1.67. The summed E-state index contributed by atoms with van der Waals surface area (Å²) in [5.41, 5.74) is 0.857. The Morgan fingerprint density at radius 2 is 1.73 bits per heavy atom. The van der Waals surface area contributed by atoms with Gasteiger partial charge in [-0.25, -0.2) is 18.2 Å². The third-order valence-corrected chi connectivity index (χ3v) is 4.90. The van der Waals surface area contributed by atoms with Gasteiger partial charge in [0.25, 0.3) is 0 Å². The number of benzene rings is 2. The molecule has 0 aromatic heterocycles. The van der Waals surface area contributed by atoms with E-state index in [0.717, 1.165) is 5.56 Å². The number of hydrazine groups is 1. The topological polar surface area (TPSA) is 26.8 Å². The third-order valence-electron chi connectivity index (χ3n) is 4.90. The van der Waals surface area contributed by atoms with Gasteiger partial charge in [-0.3, -0.25) is 14.7 Å². The number of hydrogen-bond acceptors (Lipinski definition) is 3. The Hall–Kier alpha value is -2.38. The van der Waals surface area contributed by atoms with Crippen LogP contribution in [0.25, 0.3) is 0 Å². The standard InChI is InChI=1S/C19H18F3N3O/c20-14-8-15(21)19(16(22)9-14)17-11-23(10-13-4-2-1-3-5-13)12-25-18(26)6-7-24(17)25/h1-5,8-9,17H,6-7,10-12H2. The van der Waals surface area contributed by atoms with Gasteiger partial charge in [0.1, 0.15) is 17.5 Å². The highest BCUT2D eigenvalue weighted by atomic mass is 19.1. The highest BCUT2D eigenvalue weighted by Crippen LogP contribution is 2.35. The highest BCUT2D eigenvalue weighted by molar-refractivity contribution is 5.77. The van der Waals surface area contributed by atoms with Crippen LogP contribution in [-0.4, -0.2) is 40.6 Å². The molecule has 2 aromatic carbocycles. The van der Waals surface area contributed by atoms with Gasteiger partial charge in [0.05, 0.1) is 12.7 Å². The maximum atomic E-state index is 14.4. The predicted octanol–water partition coefficient (Wildman–Crippen LogP) is 3.07. The third kappa shape index (κ3) is 3.08. The molecule has 0 N–H and O–H groups in total. The molecule has 4 nitrogen and oxygen atoms in total. The average Bonchev–Trinajstić information content (AvgIpc) is 2.96. The summed E-state index contributed by atoms with van der Waals surface area (Å²) in [6, 6.07) is 10.4. The van der Waals surface area contributed by atoms with Crippen molar-refractivity contribution in [2.24, 2.45) is 0 Å². The first-order valence-electron chi connectivity index (χ1n) is 8.50. The maximum absolute atomic E-state index is 14.4. The van der Waals surface area contributed by atoms with Crippen LogP contribution in [0.5, 0.6) is 0 Å². The van der Waals surface area contributed by atoms with Gasteiger partial charge >= 0.3 is 0 Å². The molecule has 2 heterocycles. The zero-order valence-electron chi connectivity index (χ0n) is 14.0. The van der Waals surface area contributed by atoms with Crippen LogP contribution >= 0.6 is 0 Å². The fourth-order valence-electron chi connectivity index (χ4n) is 3.74. The van der Waals surface area contributed by atoms with Crippen molar-refractivity contribution in [3.8, 4) is 0 Å². The largest absolute Gasteiger partial charge is 0.278 e. The van der Waals surface area contributed by atoms with E-state index in [2.05, 4.69) is 0 Å². The van der Waals surface area contributed by atoms with E-state index < -0.39 is 23.5 Å². The van der Waals surface area contributed by atoms with Gasteiger partial charge in [-0.15, -0.1) is 0 Å². The van der Waals surface area contributed by atoms with Crippen molar-refractivity contribution in [2.45, 2.75) is 19.0 Å². The summed E-state index contributed by atoms with van der Waals surface area (Å²) >= 11 is 0. The van der Waals surface area contributed by atoms with Crippen molar-refractivity contribution < 1.29 is 18.0 Å². The van der Waals surface area contributed by atoms with Crippen molar-refractivity contribution in [1.82, 2.24) is 14.9 Å². The molecule has 1 atom stereocenters. The lowest BCUT2D eigenvalue weighted by molar-refractivity contribution is -0.159. The lowest BCUT2D eigenvalue weighted by Gasteiger charge is -2.45.